The third-order valence-electron chi connectivity index (χ3n) is 4.91. The lowest BCUT2D eigenvalue weighted by Crippen LogP contribution is -2.51. The molecule has 0 bridgehead atoms. The van der Waals surface area contributed by atoms with Gasteiger partial charge in [-0.05, 0) is 32.6 Å². The lowest BCUT2D eigenvalue weighted by molar-refractivity contribution is -0.136. The molecule has 1 saturated heterocycles. The maximum absolute atomic E-state index is 12.5. The number of rotatable bonds is 8. The van der Waals surface area contributed by atoms with Gasteiger partial charge in [-0.1, -0.05) is 26.0 Å². The molecule has 0 radical (unpaired) electrons. The van der Waals surface area contributed by atoms with Gasteiger partial charge in [-0.2, -0.15) is 0 Å². The molecule has 1 aliphatic rings. The normalized spacial score (nSPS) is 15.6. The largest absolute Gasteiger partial charge is 0.354 e. The standard InChI is InChI=1S/C20H37N5O2/c1-7-16(8-2)19(27)25-11-9-17(10-12-25)23-20(21-13-15(3)4)22-14-18(26)24(5)6/h16-17H,3,7-14H2,1-2,4-6H3,(H2,21,22,23). The van der Waals surface area contributed by atoms with Crippen LogP contribution in [0.5, 0.6) is 0 Å². The topological polar surface area (TPSA) is 77.0 Å². The van der Waals surface area contributed by atoms with Gasteiger partial charge in [0.1, 0.15) is 6.54 Å². The molecule has 0 aromatic rings. The van der Waals surface area contributed by atoms with Crippen molar-refractivity contribution in [3.8, 4) is 0 Å². The highest BCUT2D eigenvalue weighted by Crippen LogP contribution is 2.17. The van der Waals surface area contributed by atoms with Gasteiger partial charge in [-0.3, -0.25) is 9.59 Å². The highest BCUT2D eigenvalue weighted by Gasteiger charge is 2.26. The van der Waals surface area contributed by atoms with E-state index in [1.807, 2.05) is 11.8 Å². The van der Waals surface area contributed by atoms with Gasteiger partial charge in [0.05, 0.1) is 0 Å². The van der Waals surface area contributed by atoms with Crippen LogP contribution in [0.1, 0.15) is 46.5 Å². The average molecular weight is 380 g/mol. The third kappa shape index (κ3) is 8.01. The van der Waals surface area contributed by atoms with E-state index in [9.17, 15) is 9.59 Å². The van der Waals surface area contributed by atoms with Crippen molar-refractivity contribution < 1.29 is 9.59 Å². The van der Waals surface area contributed by atoms with Gasteiger partial charge in [-0.25, -0.2) is 4.99 Å². The van der Waals surface area contributed by atoms with E-state index in [0.717, 1.165) is 44.3 Å². The van der Waals surface area contributed by atoms with E-state index in [2.05, 4.69) is 36.1 Å². The monoisotopic (exact) mass is 379 g/mol. The number of likely N-dealkylation sites (tertiary alicyclic amines) is 1. The second-order valence-electron chi connectivity index (χ2n) is 7.52. The van der Waals surface area contributed by atoms with Gasteiger partial charge >= 0.3 is 0 Å². The first-order valence-electron chi connectivity index (χ1n) is 9.96. The van der Waals surface area contributed by atoms with Crippen molar-refractivity contribution in [1.29, 1.82) is 0 Å². The molecule has 1 heterocycles. The summed E-state index contributed by atoms with van der Waals surface area (Å²) in [6.07, 6.45) is 3.55. The lowest BCUT2D eigenvalue weighted by Gasteiger charge is -2.35. The van der Waals surface area contributed by atoms with Crippen LogP contribution < -0.4 is 10.6 Å². The number of amides is 2. The Labute approximate surface area is 164 Å². The summed E-state index contributed by atoms with van der Waals surface area (Å²) in [6.45, 7) is 12.2. The van der Waals surface area contributed by atoms with E-state index in [0.29, 0.717) is 12.5 Å². The van der Waals surface area contributed by atoms with Crippen LogP contribution in [0.2, 0.25) is 0 Å². The Morgan fingerprint density at radius 3 is 2.30 bits per heavy atom. The molecule has 0 spiro atoms. The third-order valence-corrected chi connectivity index (χ3v) is 4.91. The summed E-state index contributed by atoms with van der Waals surface area (Å²) in [5.74, 6) is 1.00. The van der Waals surface area contributed by atoms with E-state index in [1.165, 1.54) is 4.90 Å². The molecule has 27 heavy (non-hydrogen) atoms. The number of guanidine groups is 1. The number of carbonyl (C=O) groups is 2. The lowest BCUT2D eigenvalue weighted by atomic mass is 9.98. The van der Waals surface area contributed by atoms with Crippen LogP contribution >= 0.6 is 0 Å². The number of likely N-dealkylation sites (N-methyl/N-ethyl adjacent to an activating group) is 1. The Morgan fingerprint density at radius 1 is 1.22 bits per heavy atom. The summed E-state index contributed by atoms with van der Waals surface area (Å²) in [7, 11) is 3.44. The number of nitrogens with one attached hydrogen (secondary N) is 2. The van der Waals surface area contributed by atoms with Crippen molar-refractivity contribution in [1.82, 2.24) is 20.4 Å². The molecule has 154 valence electrons. The minimum atomic E-state index is -0.0444. The Kier molecular flexibility index (Phi) is 9.89. The van der Waals surface area contributed by atoms with Gasteiger partial charge in [0.2, 0.25) is 11.8 Å². The van der Waals surface area contributed by atoms with Gasteiger partial charge in [0.25, 0.3) is 0 Å². The fourth-order valence-corrected chi connectivity index (χ4v) is 3.01. The maximum Gasteiger partial charge on any atom is 0.243 e. The Balaban J connectivity index is 2.61. The second kappa shape index (κ2) is 11.6. The van der Waals surface area contributed by atoms with E-state index < -0.39 is 0 Å². The number of nitrogens with zero attached hydrogens (tertiary/aromatic N) is 3. The summed E-state index contributed by atoms with van der Waals surface area (Å²) >= 11 is 0. The Morgan fingerprint density at radius 2 is 1.81 bits per heavy atom. The van der Waals surface area contributed by atoms with Crippen molar-refractivity contribution in [2.24, 2.45) is 10.9 Å². The molecule has 0 unspecified atom stereocenters. The summed E-state index contributed by atoms with van der Waals surface area (Å²) < 4.78 is 0. The van der Waals surface area contributed by atoms with Crippen molar-refractivity contribution in [3.05, 3.63) is 12.2 Å². The first-order valence-corrected chi connectivity index (χ1v) is 9.96. The van der Waals surface area contributed by atoms with Crippen LogP contribution in [-0.4, -0.2) is 73.9 Å². The first kappa shape index (κ1) is 23.0. The Bertz CT molecular complexity index is 532. The van der Waals surface area contributed by atoms with E-state index >= 15 is 0 Å². The smallest absolute Gasteiger partial charge is 0.243 e. The zero-order valence-corrected chi connectivity index (χ0v) is 17.7. The molecule has 0 aromatic carbocycles. The summed E-state index contributed by atoms with van der Waals surface area (Å²) in [4.78, 5) is 32.3. The second-order valence-corrected chi connectivity index (χ2v) is 7.52. The van der Waals surface area contributed by atoms with Crippen LogP contribution in [0, 0.1) is 5.92 Å². The molecule has 1 rings (SSSR count). The van der Waals surface area contributed by atoms with E-state index in [1.54, 1.807) is 14.1 Å². The predicted octanol–water partition coefficient (Wildman–Crippen LogP) is 1.61. The minimum Gasteiger partial charge on any atom is -0.354 e. The quantitative estimate of drug-likeness (QED) is 0.382. The van der Waals surface area contributed by atoms with Crippen LogP contribution in [0.3, 0.4) is 0 Å². The van der Waals surface area contributed by atoms with Crippen molar-refractivity contribution in [2.75, 3.05) is 40.3 Å². The fraction of sp³-hybridized carbons (Fsp3) is 0.750. The van der Waals surface area contributed by atoms with Gasteiger partial charge in [-0.15, -0.1) is 0 Å². The first-order chi connectivity index (χ1) is 12.8. The highest BCUT2D eigenvalue weighted by atomic mass is 16.2. The number of aliphatic imine (C=N–C) groups is 1. The van der Waals surface area contributed by atoms with Crippen LogP contribution in [0.15, 0.2) is 17.1 Å². The molecule has 1 fully saturated rings. The highest BCUT2D eigenvalue weighted by molar-refractivity contribution is 5.85. The molecule has 2 N–H and O–H groups in total. The van der Waals surface area contributed by atoms with Crippen molar-refractivity contribution >= 4 is 17.8 Å². The summed E-state index contributed by atoms with van der Waals surface area (Å²) in [5.41, 5.74) is 0.994. The van der Waals surface area contributed by atoms with Crippen molar-refractivity contribution in [3.63, 3.8) is 0 Å². The zero-order chi connectivity index (χ0) is 20.4. The number of hydrogen-bond donors (Lipinski definition) is 2. The molecule has 0 aromatic heterocycles. The Hall–Kier alpha value is -2.05. The number of hydrogen-bond acceptors (Lipinski definition) is 3. The summed E-state index contributed by atoms with van der Waals surface area (Å²) in [6, 6.07) is 0.238. The van der Waals surface area contributed by atoms with Crippen LogP contribution in [0.4, 0.5) is 0 Å². The van der Waals surface area contributed by atoms with Gasteiger partial charge in [0, 0.05) is 45.7 Å². The molecule has 7 nitrogen and oxygen atoms in total. The van der Waals surface area contributed by atoms with Gasteiger partial charge < -0.3 is 20.4 Å². The van der Waals surface area contributed by atoms with Crippen LogP contribution in [0.25, 0.3) is 0 Å². The van der Waals surface area contributed by atoms with E-state index in [-0.39, 0.29) is 30.3 Å². The van der Waals surface area contributed by atoms with Crippen LogP contribution in [-0.2, 0) is 9.59 Å². The molecule has 2 amide bonds. The molecule has 0 saturated carbocycles. The molecule has 1 aliphatic heterocycles. The predicted molar refractivity (Wildman–Crippen MR) is 111 cm³/mol. The van der Waals surface area contributed by atoms with Crippen molar-refractivity contribution in [2.45, 2.75) is 52.5 Å². The molecule has 0 atom stereocenters. The molecule has 0 aliphatic carbocycles. The summed E-state index contributed by atoms with van der Waals surface area (Å²) in [5, 5.41) is 6.63. The molecular formula is C20H37N5O2. The molecule has 7 heteroatoms. The van der Waals surface area contributed by atoms with E-state index in [4.69, 9.17) is 0 Å². The number of piperidine rings is 1. The fourth-order valence-electron chi connectivity index (χ4n) is 3.01. The number of carbonyl (C=O) groups excluding carboxylic acids is 2. The van der Waals surface area contributed by atoms with Gasteiger partial charge in [0.15, 0.2) is 5.96 Å². The average Bonchev–Trinajstić information content (AvgIpc) is 2.64. The molecular weight excluding hydrogens is 342 g/mol. The zero-order valence-electron chi connectivity index (χ0n) is 17.7. The minimum absolute atomic E-state index is 0.0444. The maximum atomic E-state index is 12.5. The SMILES string of the molecule is C=C(C)CNC(=NCC(=O)N(C)C)NC1CCN(C(=O)C(CC)CC)CC1.